The van der Waals surface area contributed by atoms with Gasteiger partial charge in [-0.3, -0.25) is 0 Å². The zero-order valence-electron chi connectivity index (χ0n) is 12.7. The van der Waals surface area contributed by atoms with E-state index in [9.17, 15) is 14.7 Å². The van der Waals surface area contributed by atoms with E-state index < -0.39 is 10.8 Å². The van der Waals surface area contributed by atoms with E-state index in [1.807, 2.05) is 0 Å². The van der Waals surface area contributed by atoms with Gasteiger partial charge >= 0.3 is 5.97 Å². The number of nitrogens with zero attached hydrogens (tertiary/aromatic N) is 2. The fourth-order valence-electron chi connectivity index (χ4n) is 2.12. The van der Waals surface area contributed by atoms with Crippen molar-refractivity contribution >= 4 is 52.5 Å². The minimum Gasteiger partial charge on any atom is -0.479 e. The number of para-hydroxylation sites is 2. The number of pyridine rings is 1. The smallest absolute Gasteiger partial charge is 0.341 e. The van der Waals surface area contributed by atoms with E-state index in [2.05, 4.69) is 15.3 Å². The summed E-state index contributed by atoms with van der Waals surface area (Å²) >= 11 is 6.59. The Bertz CT molecular complexity index is 882. The highest BCUT2D eigenvalue weighted by molar-refractivity contribution is 8.01. The van der Waals surface area contributed by atoms with Crippen LogP contribution in [-0.4, -0.2) is 32.2 Å². The number of halogens is 1. The third-order valence-electron chi connectivity index (χ3n) is 3.31. The van der Waals surface area contributed by atoms with Gasteiger partial charge in [-0.2, -0.15) is 0 Å². The van der Waals surface area contributed by atoms with Crippen LogP contribution in [0.5, 0.6) is 0 Å². The van der Waals surface area contributed by atoms with Gasteiger partial charge in [0.1, 0.15) is 17.6 Å². The Morgan fingerprint density at radius 3 is 2.80 bits per heavy atom. The third kappa shape index (κ3) is 3.75. The summed E-state index contributed by atoms with van der Waals surface area (Å²) in [5.74, 6) is -0.985. The number of thioether (sulfide) groups is 1. The molecule has 1 unspecified atom stereocenters. The zero-order valence-corrected chi connectivity index (χ0v) is 14.3. The number of fused-ring (bicyclic) bond motifs is 1. The minimum atomic E-state index is -1.72. The average Bonchev–Trinajstić information content (AvgIpc) is 2.99. The van der Waals surface area contributed by atoms with Crippen molar-refractivity contribution in [3.8, 4) is 0 Å². The first-order chi connectivity index (χ1) is 12.0. The van der Waals surface area contributed by atoms with Gasteiger partial charge < -0.3 is 19.6 Å². The summed E-state index contributed by atoms with van der Waals surface area (Å²) in [7, 11) is 0. The van der Waals surface area contributed by atoms with Gasteiger partial charge in [-0.1, -0.05) is 23.7 Å². The molecule has 0 radical (unpaired) electrons. The van der Waals surface area contributed by atoms with Crippen LogP contribution in [0.2, 0.25) is 5.02 Å². The SMILES string of the molecule is O=CCC(Nc1ccc(Cl)cn1)(Sc1nc2ccccc2o1)C(=O)O. The van der Waals surface area contributed by atoms with E-state index >= 15 is 0 Å². The summed E-state index contributed by atoms with van der Waals surface area (Å²) < 4.78 is 5.57. The summed E-state index contributed by atoms with van der Waals surface area (Å²) in [5, 5.41) is 13.1. The molecule has 1 aromatic carbocycles. The Balaban J connectivity index is 1.96. The van der Waals surface area contributed by atoms with Crippen LogP contribution >= 0.6 is 23.4 Å². The van der Waals surface area contributed by atoms with Gasteiger partial charge in [0, 0.05) is 12.6 Å². The molecule has 0 spiro atoms. The second-order valence-electron chi connectivity index (χ2n) is 5.04. The molecular weight excluding hydrogens is 366 g/mol. The van der Waals surface area contributed by atoms with Crippen molar-refractivity contribution in [1.82, 2.24) is 9.97 Å². The maximum Gasteiger partial charge on any atom is 0.341 e. The van der Waals surface area contributed by atoms with E-state index in [1.165, 1.54) is 12.3 Å². The van der Waals surface area contributed by atoms with Crippen molar-refractivity contribution in [3.63, 3.8) is 0 Å². The van der Waals surface area contributed by atoms with Gasteiger partial charge in [-0.25, -0.2) is 14.8 Å². The van der Waals surface area contributed by atoms with Crippen molar-refractivity contribution < 1.29 is 19.1 Å². The predicted molar refractivity (Wildman–Crippen MR) is 93.8 cm³/mol. The number of oxazole rings is 1. The molecule has 25 heavy (non-hydrogen) atoms. The van der Waals surface area contributed by atoms with Crippen molar-refractivity contribution in [1.29, 1.82) is 0 Å². The standard InChI is InChI=1S/C16H12ClN3O4S/c17-10-5-6-13(18-9-10)20-16(7-8-21,14(22)23)25-15-19-11-3-1-2-4-12(11)24-15/h1-6,8-9H,7H2,(H,18,20)(H,22,23). The van der Waals surface area contributed by atoms with Gasteiger partial charge in [0.25, 0.3) is 5.22 Å². The van der Waals surface area contributed by atoms with E-state index in [0.29, 0.717) is 22.4 Å². The van der Waals surface area contributed by atoms with Crippen LogP contribution < -0.4 is 5.32 Å². The number of anilines is 1. The van der Waals surface area contributed by atoms with Crippen molar-refractivity contribution in [2.45, 2.75) is 16.5 Å². The number of aromatic nitrogens is 2. The lowest BCUT2D eigenvalue weighted by Gasteiger charge is -2.27. The lowest BCUT2D eigenvalue weighted by Crippen LogP contribution is -2.43. The van der Waals surface area contributed by atoms with Crippen LogP contribution in [0, 0.1) is 0 Å². The molecule has 9 heteroatoms. The van der Waals surface area contributed by atoms with Crippen LogP contribution in [-0.2, 0) is 9.59 Å². The molecule has 1 atom stereocenters. The molecule has 128 valence electrons. The number of carboxylic acids is 1. The highest BCUT2D eigenvalue weighted by Gasteiger charge is 2.42. The monoisotopic (exact) mass is 377 g/mol. The lowest BCUT2D eigenvalue weighted by atomic mass is 10.2. The van der Waals surface area contributed by atoms with Crippen LogP contribution in [0.4, 0.5) is 5.82 Å². The first kappa shape index (κ1) is 17.2. The van der Waals surface area contributed by atoms with Crippen molar-refractivity contribution in [3.05, 3.63) is 47.6 Å². The maximum atomic E-state index is 11.9. The van der Waals surface area contributed by atoms with Crippen LogP contribution in [0.3, 0.4) is 0 Å². The fraction of sp³-hybridized carbons (Fsp3) is 0.125. The molecule has 2 N–H and O–H groups in total. The fourth-order valence-corrected chi connectivity index (χ4v) is 3.20. The zero-order chi connectivity index (χ0) is 17.9. The second-order valence-corrected chi connectivity index (χ2v) is 6.73. The van der Waals surface area contributed by atoms with E-state index in [0.717, 1.165) is 11.8 Å². The summed E-state index contributed by atoms with van der Waals surface area (Å²) in [6.45, 7) is 0. The molecule has 0 fully saturated rings. The van der Waals surface area contributed by atoms with Crippen molar-refractivity contribution in [2.24, 2.45) is 0 Å². The molecule has 3 rings (SSSR count). The van der Waals surface area contributed by atoms with E-state index in [4.69, 9.17) is 16.0 Å². The number of carbonyl (C=O) groups excluding carboxylic acids is 1. The van der Waals surface area contributed by atoms with Gasteiger partial charge in [0.15, 0.2) is 10.5 Å². The molecule has 2 heterocycles. The molecule has 0 saturated heterocycles. The quantitative estimate of drug-likeness (QED) is 0.366. The predicted octanol–water partition coefficient (Wildman–Crippen LogP) is 3.45. The molecule has 2 aromatic heterocycles. The highest BCUT2D eigenvalue weighted by Crippen LogP contribution is 2.37. The van der Waals surface area contributed by atoms with Crippen LogP contribution in [0.1, 0.15) is 6.42 Å². The molecule has 0 bridgehead atoms. The molecule has 3 aromatic rings. The maximum absolute atomic E-state index is 11.9. The van der Waals surface area contributed by atoms with Crippen LogP contribution in [0.15, 0.2) is 52.2 Å². The summed E-state index contributed by atoms with van der Waals surface area (Å²) in [6.07, 6.45) is 1.57. The largest absolute Gasteiger partial charge is 0.479 e. The Morgan fingerprint density at radius 2 is 2.16 bits per heavy atom. The lowest BCUT2D eigenvalue weighted by molar-refractivity contribution is -0.140. The second kappa shape index (κ2) is 7.12. The van der Waals surface area contributed by atoms with Gasteiger partial charge in [-0.15, -0.1) is 0 Å². The van der Waals surface area contributed by atoms with Crippen molar-refractivity contribution in [2.75, 3.05) is 5.32 Å². The Hall–Kier alpha value is -2.58. The Morgan fingerprint density at radius 1 is 1.36 bits per heavy atom. The normalized spacial score (nSPS) is 13.3. The molecule has 0 aliphatic carbocycles. The number of carbonyl (C=O) groups is 2. The molecule has 0 amide bonds. The molecule has 7 nitrogen and oxygen atoms in total. The highest BCUT2D eigenvalue weighted by atomic mass is 35.5. The Kier molecular flexibility index (Phi) is 4.91. The molecule has 0 saturated carbocycles. The number of benzene rings is 1. The molecule has 0 aliphatic rings. The average molecular weight is 378 g/mol. The van der Waals surface area contributed by atoms with Crippen LogP contribution in [0.25, 0.3) is 11.1 Å². The topological polar surface area (TPSA) is 105 Å². The van der Waals surface area contributed by atoms with E-state index in [-0.39, 0.29) is 17.5 Å². The van der Waals surface area contributed by atoms with E-state index in [1.54, 1.807) is 30.3 Å². The number of hydrogen-bond donors (Lipinski definition) is 2. The van der Waals surface area contributed by atoms with Gasteiger partial charge in [0.2, 0.25) is 0 Å². The Labute approximate surface area is 151 Å². The number of aldehydes is 1. The van der Waals surface area contributed by atoms with Gasteiger partial charge in [-0.05, 0) is 36.0 Å². The molecular formula is C16H12ClN3O4S. The minimum absolute atomic E-state index is 0.131. The number of aliphatic carboxylic acids is 1. The summed E-state index contributed by atoms with van der Waals surface area (Å²) in [5.41, 5.74) is 1.13. The first-order valence-electron chi connectivity index (χ1n) is 7.14. The number of nitrogens with one attached hydrogen (secondary N) is 1. The van der Waals surface area contributed by atoms with Gasteiger partial charge in [0.05, 0.1) is 5.02 Å². The number of carboxylic acid groups (broad SMARTS) is 1. The summed E-state index contributed by atoms with van der Waals surface area (Å²) in [4.78, 5) is 29.6. The summed E-state index contributed by atoms with van der Waals surface area (Å²) in [6, 6.07) is 10.1. The third-order valence-corrected chi connectivity index (χ3v) is 4.67. The number of hydrogen-bond acceptors (Lipinski definition) is 7. The molecule has 0 aliphatic heterocycles. The number of rotatable bonds is 7. The first-order valence-corrected chi connectivity index (χ1v) is 8.33.